The molecule has 0 aromatic heterocycles. The molecule has 1 aliphatic carbocycles. The van der Waals surface area contributed by atoms with Crippen molar-refractivity contribution in [3.63, 3.8) is 0 Å². The summed E-state index contributed by atoms with van der Waals surface area (Å²) in [6.45, 7) is 1.99. The fourth-order valence-corrected chi connectivity index (χ4v) is 2.00. The van der Waals surface area contributed by atoms with Crippen LogP contribution in [0, 0.1) is 19.1 Å². The Hall–Kier alpha value is -5.89. The van der Waals surface area contributed by atoms with Crippen molar-refractivity contribution < 1.29 is 4.79 Å². The molecule has 0 saturated carbocycles. The number of carbonyl (C=O) groups is 1. The van der Waals surface area contributed by atoms with E-state index in [1.807, 2.05) is 25.1 Å². The minimum absolute atomic E-state index is 0. The van der Waals surface area contributed by atoms with Crippen molar-refractivity contribution in [2.45, 2.75) is 6.92 Å². The fraction of sp³-hybridized carbons (Fsp3) is 0.0714. The van der Waals surface area contributed by atoms with Crippen molar-refractivity contribution in [2.24, 2.45) is 0 Å². The van der Waals surface area contributed by atoms with E-state index < -0.39 is 0 Å². The molecule has 2 aromatic carbocycles. The average Bonchev–Trinajstić information content (AvgIpc) is 2.54. The van der Waals surface area contributed by atoms with E-state index in [2.05, 4.69) is 12.1 Å². The monoisotopic (exact) mass is 1230 g/mol. The van der Waals surface area contributed by atoms with E-state index in [1.165, 1.54) is 0 Å². The van der Waals surface area contributed by atoms with Gasteiger partial charge in [0.2, 0.25) is 0 Å². The average molecular weight is 1230 g/mol. The second kappa shape index (κ2) is 4.09. The number of benzene rings is 2. The molecule has 2 aromatic rings. The Morgan fingerprint density at radius 1 is 0.947 bits per heavy atom. The van der Waals surface area contributed by atoms with Crippen molar-refractivity contribution in [1.29, 1.82) is 0 Å². The van der Waals surface area contributed by atoms with E-state index in [1.54, 1.807) is 12.1 Å². The van der Waals surface area contributed by atoms with Crippen LogP contribution in [0.3, 0.4) is 0 Å². The van der Waals surface area contributed by atoms with Gasteiger partial charge in [0, 0.05) is 5.56 Å². The first-order valence-electron chi connectivity index (χ1n) is 4.85. The molecule has 5 heteroatoms. The molecular formula is C14H8No4O-2. The summed E-state index contributed by atoms with van der Waals surface area (Å²) < 4.78 is 0. The van der Waals surface area contributed by atoms with Crippen LogP contribution in [0.5, 0.6) is 0 Å². The van der Waals surface area contributed by atoms with Crippen LogP contribution in [-0.2, 0) is 0 Å². The predicted molar refractivity (Wildman–Crippen MR) is 57.7 cm³/mol. The van der Waals surface area contributed by atoms with Gasteiger partial charge in [-0.2, -0.15) is 5.56 Å². The van der Waals surface area contributed by atoms with Crippen LogP contribution in [0.15, 0.2) is 30.3 Å². The minimum atomic E-state index is 0. The van der Waals surface area contributed by atoms with Crippen LogP contribution >= 0.6 is 0 Å². The molecule has 0 atom stereocenters. The second-order valence-corrected chi connectivity index (χ2v) is 3.77. The predicted octanol–water partition coefficient (Wildman–Crippen LogP) is 2.81. The molecule has 0 heterocycles. The van der Waals surface area contributed by atoms with Crippen molar-refractivity contribution >= 4 is 5.78 Å². The number of ketones is 1. The summed E-state index contributed by atoms with van der Waals surface area (Å²) in [4.78, 5) is 12.0. The quantitative estimate of drug-likeness (QED) is 0.317. The van der Waals surface area contributed by atoms with Crippen molar-refractivity contribution in [3.8, 4) is 11.1 Å². The van der Waals surface area contributed by atoms with Crippen LogP contribution in [0.25, 0.3) is 11.1 Å². The first kappa shape index (κ1) is 15.6. The Labute approximate surface area is 88.4 Å². The molecule has 0 amide bonds. The van der Waals surface area contributed by atoms with Gasteiger partial charge in [0.1, 0.15) is 0 Å². The minimum Gasteiger partial charge on any atom is -0.358 e. The van der Waals surface area contributed by atoms with Crippen molar-refractivity contribution in [2.75, 3.05) is 0 Å². The van der Waals surface area contributed by atoms with Crippen molar-refractivity contribution in [3.05, 3.63) is 59.2 Å². The maximum Gasteiger partial charge on any atom is 0.0861 e. The van der Waals surface area contributed by atoms with Crippen LogP contribution in [0.4, 0.5) is 0 Å². The maximum absolute atomic E-state index is 12.0. The molecule has 0 unspecified atom stereocenters. The standard InChI is InChI=1S/C14H8O.4No/c1-9-6-7-11-10-4-2-3-5-12(10)14(15)13(11)8-9;;;;/h2,5-8H,1H3;;;;/q-2;;;;. The van der Waals surface area contributed by atoms with E-state index in [0.29, 0.717) is 0 Å². The van der Waals surface area contributed by atoms with E-state index in [4.69, 9.17) is 0 Å². The fourth-order valence-electron chi connectivity index (χ4n) is 2.00. The van der Waals surface area contributed by atoms with E-state index in [9.17, 15) is 4.79 Å². The van der Waals surface area contributed by atoms with Gasteiger partial charge in [-0.05, 0) is 13.0 Å². The molecule has 0 N–H and O–H groups in total. The van der Waals surface area contributed by atoms with Crippen LogP contribution < -0.4 is 0 Å². The third kappa shape index (κ3) is 1.37. The Balaban J connectivity index is 0. The van der Waals surface area contributed by atoms with E-state index >= 15 is 0 Å². The Kier molecular flexibility index (Phi) is 3.36. The van der Waals surface area contributed by atoms with Crippen molar-refractivity contribution in [1.82, 2.24) is 0 Å². The van der Waals surface area contributed by atoms with Gasteiger partial charge in [0.25, 0.3) is 0 Å². The normalized spacial score (nSPS) is 9.84. The summed E-state index contributed by atoms with van der Waals surface area (Å²) in [5, 5.41) is 0. The molecular weight excluding hydrogens is 1220 g/mol. The Bertz CT molecular complexity index is 581. The number of hydrogen-bond donors (Lipinski definition) is 0. The molecule has 0 spiro atoms. The van der Waals surface area contributed by atoms with Gasteiger partial charge in [-0.25, -0.2) is 5.56 Å². The first-order valence-corrected chi connectivity index (χ1v) is 4.85. The molecule has 0 aliphatic heterocycles. The first-order chi connectivity index (χ1) is 7.27. The third-order valence-electron chi connectivity index (χ3n) is 2.73. The van der Waals surface area contributed by atoms with Crippen LogP contribution in [0.1, 0.15) is 21.5 Å². The van der Waals surface area contributed by atoms with Gasteiger partial charge in [0.05, 0.1) is 5.78 Å². The Morgan fingerprint density at radius 2 is 1.63 bits per heavy atom. The Morgan fingerprint density at radius 3 is 2.32 bits per heavy atom. The SMILES string of the molecule is Cc1ccc2c(c1)C(=O)c1c[c-]c[c-]c1-2.[No].[No].[No].[No]. The summed E-state index contributed by atoms with van der Waals surface area (Å²) in [7, 11) is 0. The smallest absolute Gasteiger partial charge is 0.0861 e. The molecule has 3 rings (SSSR count). The van der Waals surface area contributed by atoms with Crippen LogP contribution in [0.2, 0.25) is 0 Å². The molecule has 19 heavy (non-hydrogen) atoms. The van der Waals surface area contributed by atoms with Gasteiger partial charge in [0.15, 0.2) is 0 Å². The third-order valence-corrected chi connectivity index (χ3v) is 2.73. The molecule has 0 saturated heterocycles. The largest absolute Gasteiger partial charge is 0.358 e. The molecule has 128 valence electrons. The number of carbonyl (C=O) groups excluding carboxylic acids is 1. The zero-order valence-corrected chi connectivity index (χ0v) is 18.3. The molecule has 1 aliphatic rings. The zero-order valence-electron chi connectivity index (χ0n) is 9.36. The van der Waals surface area contributed by atoms with Gasteiger partial charge in [-0.1, -0.05) is 23.3 Å². The number of fused-ring (bicyclic) bond motifs is 3. The van der Waals surface area contributed by atoms with Gasteiger partial charge >= 0.3 is 0 Å². The summed E-state index contributed by atoms with van der Waals surface area (Å²) in [6.07, 6.45) is 0. The summed E-state index contributed by atoms with van der Waals surface area (Å²) in [5.41, 5.74) is 4.53. The number of aryl methyl sites for hydroxylation is 1. The zero-order chi connectivity index (χ0) is 10.4. The van der Waals surface area contributed by atoms with Gasteiger partial charge in [-0.15, -0.1) is 0 Å². The topological polar surface area (TPSA) is 17.1 Å². The molecule has 0 fully saturated rings. The number of rotatable bonds is 0. The maximum atomic E-state index is 12.0. The molecule has 1 nitrogen and oxygen atoms in total. The second-order valence-electron chi connectivity index (χ2n) is 3.77. The van der Waals surface area contributed by atoms with E-state index in [-0.39, 0.29) is 5.78 Å². The van der Waals surface area contributed by atoms with Crippen LogP contribution in [-0.4, -0.2) is 5.78 Å². The van der Waals surface area contributed by atoms with Gasteiger partial charge < -0.3 is 23.0 Å². The van der Waals surface area contributed by atoms with Gasteiger partial charge in [-0.3, -0.25) is 6.07 Å². The molecule has 0 bridgehead atoms. The summed E-state index contributed by atoms with van der Waals surface area (Å²) >= 11 is 0. The molecule has 0 radical (unpaired) electrons. The number of hydrogen-bond acceptors (Lipinski definition) is 1. The summed E-state index contributed by atoms with van der Waals surface area (Å²) in [5.74, 6) is 0.0943. The summed E-state index contributed by atoms with van der Waals surface area (Å²) in [6, 6.07) is 15.4. The van der Waals surface area contributed by atoms with E-state index in [0.717, 1.165) is 27.8 Å².